The van der Waals surface area contributed by atoms with Gasteiger partial charge in [0.1, 0.15) is 10.8 Å². The van der Waals surface area contributed by atoms with Crippen molar-refractivity contribution in [3.05, 3.63) is 70.7 Å². The van der Waals surface area contributed by atoms with Gasteiger partial charge in [-0.05, 0) is 44.2 Å². The minimum atomic E-state index is -0.269. The fraction of sp³-hybridized carbons (Fsp3) is 0.158. The maximum absolute atomic E-state index is 12.7. The molecule has 0 fully saturated rings. The van der Waals surface area contributed by atoms with Gasteiger partial charge in [0, 0.05) is 23.2 Å². The van der Waals surface area contributed by atoms with Gasteiger partial charge >= 0.3 is 0 Å². The molecule has 0 saturated carbocycles. The maximum atomic E-state index is 12.7. The molecule has 0 atom stereocenters. The Kier molecular flexibility index (Phi) is 5.34. The molecule has 3 rings (SSSR count). The minimum absolute atomic E-state index is 0.269. The lowest BCUT2D eigenvalue weighted by Gasteiger charge is -2.09. The predicted octanol–water partition coefficient (Wildman–Crippen LogP) is 4.10. The van der Waals surface area contributed by atoms with Gasteiger partial charge in [-0.25, -0.2) is 4.98 Å². The molecule has 0 spiro atoms. The highest BCUT2D eigenvalue weighted by Gasteiger charge is 2.16. The van der Waals surface area contributed by atoms with Crippen LogP contribution in [0.2, 0.25) is 0 Å². The topological polar surface area (TPSA) is 91.8 Å². The standard InChI is InChI=1S/C19H16N4O2S/c1-12-17(13(2)25-23-12)11-26-19-16(7-4-8-21-19)18(24)22-15-6-3-5-14(9-15)10-20/h3-9H,11H2,1-2H3,(H,22,24). The highest BCUT2D eigenvalue weighted by atomic mass is 32.2. The van der Waals surface area contributed by atoms with E-state index in [1.165, 1.54) is 11.8 Å². The Morgan fingerprint density at radius 2 is 2.15 bits per heavy atom. The van der Waals surface area contributed by atoms with E-state index in [2.05, 4.69) is 21.5 Å². The molecule has 0 aliphatic carbocycles. The summed E-state index contributed by atoms with van der Waals surface area (Å²) in [4.78, 5) is 17.0. The summed E-state index contributed by atoms with van der Waals surface area (Å²) in [6, 6.07) is 12.3. The smallest absolute Gasteiger partial charge is 0.258 e. The molecule has 26 heavy (non-hydrogen) atoms. The van der Waals surface area contributed by atoms with Crippen LogP contribution in [0, 0.1) is 25.2 Å². The average Bonchev–Trinajstić information content (AvgIpc) is 2.98. The number of pyridine rings is 1. The Balaban J connectivity index is 1.78. The predicted molar refractivity (Wildman–Crippen MR) is 98.9 cm³/mol. The van der Waals surface area contributed by atoms with Crippen molar-refractivity contribution < 1.29 is 9.32 Å². The molecule has 2 heterocycles. The second kappa shape index (κ2) is 7.85. The Hall–Kier alpha value is -3.11. The van der Waals surface area contributed by atoms with Gasteiger partial charge in [-0.1, -0.05) is 11.2 Å². The third-order valence-corrected chi connectivity index (χ3v) is 4.83. The number of carbonyl (C=O) groups is 1. The first-order valence-electron chi connectivity index (χ1n) is 7.89. The van der Waals surface area contributed by atoms with Gasteiger partial charge in [-0.3, -0.25) is 4.79 Å². The molecule has 0 saturated heterocycles. The van der Waals surface area contributed by atoms with Gasteiger partial charge in [0.05, 0.1) is 22.9 Å². The third kappa shape index (κ3) is 3.92. The average molecular weight is 364 g/mol. The summed E-state index contributed by atoms with van der Waals surface area (Å²) >= 11 is 1.46. The first kappa shape index (κ1) is 17.7. The molecule has 1 N–H and O–H groups in total. The number of aryl methyl sites for hydroxylation is 2. The molecule has 0 bridgehead atoms. The zero-order valence-electron chi connectivity index (χ0n) is 14.3. The van der Waals surface area contributed by atoms with Crippen molar-refractivity contribution >= 4 is 23.4 Å². The summed E-state index contributed by atoms with van der Waals surface area (Å²) in [5, 5.41) is 16.4. The van der Waals surface area contributed by atoms with Crippen LogP contribution in [-0.4, -0.2) is 16.0 Å². The number of thioether (sulfide) groups is 1. The molecule has 130 valence electrons. The van der Waals surface area contributed by atoms with E-state index < -0.39 is 0 Å². The number of nitrogens with zero attached hydrogens (tertiary/aromatic N) is 3. The lowest BCUT2D eigenvalue weighted by atomic mass is 10.2. The third-order valence-electron chi connectivity index (χ3n) is 3.80. The zero-order chi connectivity index (χ0) is 18.5. The molecule has 7 heteroatoms. The molecule has 6 nitrogen and oxygen atoms in total. The molecular weight excluding hydrogens is 348 g/mol. The van der Waals surface area contributed by atoms with Crippen LogP contribution in [0.1, 0.15) is 32.9 Å². The van der Waals surface area contributed by atoms with E-state index in [0.717, 1.165) is 17.0 Å². The van der Waals surface area contributed by atoms with Crippen LogP contribution in [0.5, 0.6) is 0 Å². The van der Waals surface area contributed by atoms with E-state index in [0.29, 0.717) is 27.6 Å². The summed E-state index contributed by atoms with van der Waals surface area (Å²) in [5.41, 5.74) is 3.38. The van der Waals surface area contributed by atoms with Crippen LogP contribution < -0.4 is 5.32 Å². The highest BCUT2D eigenvalue weighted by molar-refractivity contribution is 7.98. The zero-order valence-corrected chi connectivity index (χ0v) is 15.1. The van der Waals surface area contributed by atoms with Gasteiger partial charge in [-0.15, -0.1) is 11.8 Å². The van der Waals surface area contributed by atoms with E-state index in [-0.39, 0.29) is 5.91 Å². The fourth-order valence-electron chi connectivity index (χ4n) is 2.39. The number of amides is 1. The van der Waals surface area contributed by atoms with Gasteiger partial charge < -0.3 is 9.84 Å². The summed E-state index contributed by atoms with van der Waals surface area (Å²) in [6.45, 7) is 3.75. The van der Waals surface area contributed by atoms with E-state index in [1.54, 1.807) is 42.6 Å². The van der Waals surface area contributed by atoms with Crippen molar-refractivity contribution in [2.75, 3.05) is 5.32 Å². The number of nitriles is 1. The Morgan fingerprint density at radius 3 is 2.88 bits per heavy atom. The molecule has 0 aliphatic rings. The molecule has 2 aromatic heterocycles. The van der Waals surface area contributed by atoms with E-state index in [4.69, 9.17) is 9.78 Å². The SMILES string of the molecule is Cc1noc(C)c1CSc1ncccc1C(=O)Nc1cccc(C#N)c1. The summed E-state index contributed by atoms with van der Waals surface area (Å²) < 4.78 is 5.17. The fourth-order valence-corrected chi connectivity index (χ4v) is 3.54. The van der Waals surface area contributed by atoms with Gasteiger partial charge in [0.15, 0.2) is 0 Å². The molecule has 3 aromatic rings. The maximum Gasteiger partial charge on any atom is 0.258 e. The van der Waals surface area contributed by atoms with Gasteiger partial charge in [0.25, 0.3) is 5.91 Å². The molecular formula is C19H16N4O2S. The number of benzene rings is 1. The minimum Gasteiger partial charge on any atom is -0.361 e. The Morgan fingerprint density at radius 1 is 1.31 bits per heavy atom. The molecule has 1 aromatic carbocycles. The lowest BCUT2D eigenvalue weighted by Crippen LogP contribution is -2.13. The van der Waals surface area contributed by atoms with Crippen LogP contribution in [0.4, 0.5) is 5.69 Å². The van der Waals surface area contributed by atoms with Crippen molar-refractivity contribution in [3.63, 3.8) is 0 Å². The second-order valence-electron chi connectivity index (χ2n) is 5.59. The van der Waals surface area contributed by atoms with E-state index in [1.807, 2.05) is 13.8 Å². The number of rotatable bonds is 5. The van der Waals surface area contributed by atoms with Crippen LogP contribution in [0.3, 0.4) is 0 Å². The normalized spacial score (nSPS) is 10.3. The lowest BCUT2D eigenvalue weighted by molar-refractivity contribution is 0.102. The number of hydrogen-bond acceptors (Lipinski definition) is 6. The van der Waals surface area contributed by atoms with Crippen LogP contribution >= 0.6 is 11.8 Å². The molecule has 1 amide bonds. The summed E-state index contributed by atoms with van der Waals surface area (Å²) in [7, 11) is 0. The van der Waals surface area contributed by atoms with Crippen molar-refractivity contribution in [1.29, 1.82) is 5.26 Å². The van der Waals surface area contributed by atoms with Gasteiger partial charge in [-0.2, -0.15) is 5.26 Å². The summed E-state index contributed by atoms with van der Waals surface area (Å²) in [6.07, 6.45) is 1.66. The largest absolute Gasteiger partial charge is 0.361 e. The van der Waals surface area contributed by atoms with Crippen molar-refractivity contribution in [2.24, 2.45) is 0 Å². The van der Waals surface area contributed by atoms with Crippen molar-refractivity contribution in [3.8, 4) is 6.07 Å². The first-order chi connectivity index (χ1) is 12.6. The number of aromatic nitrogens is 2. The number of nitrogens with one attached hydrogen (secondary N) is 1. The highest BCUT2D eigenvalue weighted by Crippen LogP contribution is 2.27. The quantitative estimate of drug-likeness (QED) is 0.685. The van der Waals surface area contributed by atoms with Crippen LogP contribution in [0.25, 0.3) is 0 Å². The van der Waals surface area contributed by atoms with Gasteiger partial charge in [0.2, 0.25) is 0 Å². The van der Waals surface area contributed by atoms with E-state index >= 15 is 0 Å². The van der Waals surface area contributed by atoms with E-state index in [9.17, 15) is 4.79 Å². The number of hydrogen-bond donors (Lipinski definition) is 1. The van der Waals surface area contributed by atoms with Crippen LogP contribution in [-0.2, 0) is 5.75 Å². The Labute approximate surface area is 155 Å². The van der Waals surface area contributed by atoms with Crippen molar-refractivity contribution in [2.45, 2.75) is 24.6 Å². The summed E-state index contributed by atoms with van der Waals surface area (Å²) in [5.74, 6) is 1.11. The molecule has 0 aliphatic heterocycles. The molecule has 0 radical (unpaired) electrons. The first-order valence-corrected chi connectivity index (χ1v) is 8.88. The second-order valence-corrected chi connectivity index (χ2v) is 6.56. The number of anilines is 1. The van der Waals surface area contributed by atoms with Crippen molar-refractivity contribution in [1.82, 2.24) is 10.1 Å². The van der Waals surface area contributed by atoms with Crippen LogP contribution in [0.15, 0.2) is 52.1 Å². The Bertz CT molecular complexity index is 972. The molecule has 0 unspecified atom stereocenters. The number of carbonyl (C=O) groups excluding carboxylic acids is 1. The monoisotopic (exact) mass is 364 g/mol.